The van der Waals surface area contributed by atoms with Gasteiger partial charge in [0.1, 0.15) is 5.65 Å². The van der Waals surface area contributed by atoms with Crippen LogP contribution in [0.15, 0.2) is 18.3 Å². The fourth-order valence-corrected chi connectivity index (χ4v) is 2.42. The molecule has 0 atom stereocenters. The van der Waals surface area contributed by atoms with Crippen LogP contribution in [0.4, 0.5) is 0 Å². The molecule has 2 rings (SSSR count). The third-order valence-corrected chi connectivity index (χ3v) is 3.11. The minimum Gasteiger partial charge on any atom is -0.303 e. The molecule has 0 spiro atoms. The monoisotopic (exact) mass is 230 g/mol. The quantitative estimate of drug-likeness (QED) is 0.780. The van der Waals surface area contributed by atoms with Gasteiger partial charge in [-0.25, -0.2) is 4.98 Å². The molecule has 2 aromatic heterocycles. The van der Waals surface area contributed by atoms with Crippen LogP contribution in [0.5, 0.6) is 0 Å². The first kappa shape index (κ1) is 12.2. The average Bonchev–Trinajstić information content (AvgIpc) is 2.56. The van der Waals surface area contributed by atoms with Crippen LogP contribution in [-0.4, -0.2) is 9.38 Å². The maximum absolute atomic E-state index is 4.84. The van der Waals surface area contributed by atoms with Crippen molar-refractivity contribution in [2.24, 2.45) is 5.92 Å². The van der Waals surface area contributed by atoms with Crippen molar-refractivity contribution in [3.05, 3.63) is 35.3 Å². The Morgan fingerprint density at radius 2 is 1.94 bits per heavy atom. The van der Waals surface area contributed by atoms with Gasteiger partial charge in [-0.2, -0.15) is 0 Å². The molecule has 0 aliphatic heterocycles. The van der Waals surface area contributed by atoms with Gasteiger partial charge in [0, 0.05) is 11.9 Å². The first-order valence-electron chi connectivity index (χ1n) is 6.47. The van der Waals surface area contributed by atoms with Crippen LogP contribution < -0.4 is 0 Å². The van der Waals surface area contributed by atoms with Crippen molar-refractivity contribution in [2.75, 3.05) is 0 Å². The van der Waals surface area contributed by atoms with E-state index < -0.39 is 0 Å². The summed E-state index contributed by atoms with van der Waals surface area (Å²) >= 11 is 0. The summed E-state index contributed by atoms with van der Waals surface area (Å²) in [4.78, 5) is 4.84. The number of aromatic nitrogens is 2. The molecule has 0 bridgehead atoms. The highest BCUT2D eigenvalue weighted by molar-refractivity contribution is 5.51. The third kappa shape index (κ3) is 2.21. The van der Waals surface area contributed by atoms with E-state index in [0.717, 1.165) is 12.1 Å². The molecular weight excluding hydrogens is 208 g/mol. The van der Waals surface area contributed by atoms with Crippen molar-refractivity contribution in [1.82, 2.24) is 9.38 Å². The molecule has 0 aromatic carbocycles. The zero-order chi connectivity index (χ0) is 12.6. The molecule has 0 radical (unpaired) electrons. The normalized spacial score (nSPS) is 11.9. The third-order valence-electron chi connectivity index (χ3n) is 3.11. The van der Waals surface area contributed by atoms with E-state index in [9.17, 15) is 0 Å². The Bertz CT molecular complexity index is 521. The van der Waals surface area contributed by atoms with E-state index in [-0.39, 0.29) is 0 Å². The van der Waals surface area contributed by atoms with Gasteiger partial charge in [-0.3, -0.25) is 0 Å². The van der Waals surface area contributed by atoms with E-state index >= 15 is 0 Å². The number of hydrogen-bond donors (Lipinski definition) is 0. The van der Waals surface area contributed by atoms with E-state index in [1.165, 1.54) is 17.0 Å². The second kappa shape index (κ2) is 4.52. The summed E-state index contributed by atoms with van der Waals surface area (Å²) < 4.78 is 2.26. The van der Waals surface area contributed by atoms with E-state index in [4.69, 9.17) is 4.98 Å². The molecule has 2 heteroatoms. The Morgan fingerprint density at radius 1 is 1.24 bits per heavy atom. The zero-order valence-corrected chi connectivity index (χ0v) is 11.5. The van der Waals surface area contributed by atoms with E-state index in [1.54, 1.807) is 0 Å². The van der Waals surface area contributed by atoms with Crippen LogP contribution in [-0.2, 0) is 6.42 Å². The number of pyridine rings is 1. The predicted octanol–water partition coefficient (Wildman–Crippen LogP) is 3.96. The minimum atomic E-state index is 0.514. The summed E-state index contributed by atoms with van der Waals surface area (Å²) in [6, 6.07) is 4.24. The number of hydrogen-bond acceptors (Lipinski definition) is 1. The van der Waals surface area contributed by atoms with Gasteiger partial charge in [0.15, 0.2) is 0 Å². The summed E-state index contributed by atoms with van der Waals surface area (Å²) in [7, 11) is 0. The lowest BCUT2D eigenvalue weighted by molar-refractivity contribution is 0.626. The lowest BCUT2D eigenvalue weighted by atomic mass is 10.0. The van der Waals surface area contributed by atoms with Gasteiger partial charge in [0.2, 0.25) is 0 Å². The summed E-state index contributed by atoms with van der Waals surface area (Å²) in [6.07, 6.45) is 3.20. The molecule has 0 aliphatic rings. The van der Waals surface area contributed by atoms with E-state index in [1.807, 2.05) is 0 Å². The highest BCUT2D eigenvalue weighted by atomic mass is 15.0. The van der Waals surface area contributed by atoms with Gasteiger partial charge < -0.3 is 4.40 Å². The number of aryl methyl sites for hydroxylation is 1. The van der Waals surface area contributed by atoms with Gasteiger partial charge in [-0.1, -0.05) is 33.8 Å². The molecule has 2 nitrogen and oxygen atoms in total. The van der Waals surface area contributed by atoms with Gasteiger partial charge in [0.25, 0.3) is 0 Å². The van der Waals surface area contributed by atoms with Crippen molar-refractivity contribution in [1.29, 1.82) is 0 Å². The van der Waals surface area contributed by atoms with Crippen LogP contribution in [0, 0.1) is 12.8 Å². The van der Waals surface area contributed by atoms with Crippen molar-refractivity contribution in [3.8, 4) is 0 Å². The van der Waals surface area contributed by atoms with Crippen LogP contribution in [0.2, 0.25) is 0 Å². The fraction of sp³-hybridized carbons (Fsp3) is 0.533. The van der Waals surface area contributed by atoms with Gasteiger partial charge in [-0.05, 0) is 36.8 Å². The Morgan fingerprint density at radius 3 is 2.53 bits per heavy atom. The Balaban J connectivity index is 2.66. The molecule has 0 fully saturated rings. The van der Waals surface area contributed by atoms with E-state index in [0.29, 0.717) is 11.8 Å². The first-order chi connectivity index (χ1) is 8.00. The smallest absolute Gasteiger partial charge is 0.140 e. The Kier molecular flexibility index (Phi) is 3.23. The van der Waals surface area contributed by atoms with Crippen LogP contribution in [0.3, 0.4) is 0 Å². The van der Waals surface area contributed by atoms with Crippen LogP contribution in [0.25, 0.3) is 5.65 Å². The second-order valence-electron chi connectivity index (χ2n) is 5.58. The molecule has 0 unspecified atom stereocenters. The summed E-state index contributed by atoms with van der Waals surface area (Å²) in [6.45, 7) is 11.1. The maximum Gasteiger partial charge on any atom is 0.140 e. The number of fused-ring (bicyclic) bond motifs is 1. The molecule has 2 aromatic rings. The molecule has 0 aliphatic carbocycles. The lowest BCUT2D eigenvalue weighted by Gasteiger charge is -2.09. The van der Waals surface area contributed by atoms with E-state index in [2.05, 4.69) is 57.3 Å². The number of rotatable bonds is 3. The Hall–Kier alpha value is -1.31. The van der Waals surface area contributed by atoms with Crippen LogP contribution in [0.1, 0.15) is 50.6 Å². The molecule has 92 valence electrons. The topological polar surface area (TPSA) is 17.3 Å². The SMILES string of the molecule is Cc1cccn2c(C(C)C)c(CC(C)C)nc12. The first-order valence-corrected chi connectivity index (χ1v) is 6.47. The largest absolute Gasteiger partial charge is 0.303 e. The summed E-state index contributed by atoms with van der Waals surface area (Å²) in [5, 5.41) is 0. The van der Waals surface area contributed by atoms with Crippen molar-refractivity contribution in [2.45, 2.75) is 47.0 Å². The molecular formula is C15H22N2. The lowest BCUT2D eigenvalue weighted by Crippen LogP contribution is -2.02. The standard InChI is InChI=1S/C15H22N2/c1-10(2)9-13-14(11(3)4)17-8-6-7-12(5)15(17)16-13/h6-8,10-11H,9H2,1-5H3. The number of nitrogens with zero attached hydrogens (tertiary/aromatic N) is 2. The molecule has 17 heavy (non-hydrogen) atoms. The number of imidazole rings is 1. The Labute approximate surface area is 104 Å². The zero-order valence-electron chi connectivity index (χ0n) is 11.5. The molecule has 0 N–H and O–H groups in total. The minimum absolute atomic E-state index is 0.514. The van der Waals surface area contributed by atoms with Crippen LogP contribution >= 0.6 is 0 Å². The van der Waals surface area contributed by atoms with Gasteiger partial charge in [0.05, 0.1) is 5.69 Å². The highest BCUT2D eigenvalue weighted by Crippen LogP contribution is 2.24. The summed E-state index contributed by atoms with van der Waals surface area (Å²) in [5.74, 6) is 1.17. The molecule has 2 heterocycles. The fourth-order valence-electron chi connectivity index (χ4n) is 2.42. The van der Waals surface area contributed by atoms with Gasteiger partial charge >= 0.3 is 0 Å². The second-order valence-corrected chi connectivity index (χ2v) is 5.58. The molecule has 0 amide bonds. The van der Waals surface area contributed by atoms with Gasteiger partial charge in [-0.15, -0.1) is 0 Å². The van der Waals surface area contributed by atoms with Crippen molar-refractivity contribution < 1.29 is 0 Å². The molecule has 0 saturated carbocycles. The highest BCUT2D eigenvalue weighted by Gasteiger charge is 2.16. The molecule has 0 saturated heterocycles. The predicted molar refractivity (Wildman–Crippen MR) is 72.6 cm³/mol. The van der Waals surface area contributed by atoms with Crippen molar-refractivity contribution >= 4 is 5.65 Å². The summed E-state index contributed by atoms with van der Waals surface area (Å²) in [5.41, 5.74) is 5.01. The average molecular weight is 230 g/mol. The van der Waals surface area contributed by atoms with Crippen molar-refractivity contribution in [3.63, 3.8) is 0 Å². The maximum atomic E-state index is 4.84.